The summed E-state index contributed by atoms with van der Waals surface area (Å²) in [6.07, 6.45) is 0.867. The van der Waals surface area contributed by atoms with Crippen molar-refractivity contribution in [3.05, 3.63) is 66.0 Å². The number of rotatable bonds is 6. The van der Waals surface area contributed by atoms with Crippen molar-refractivity contribution in [3.8, 4) is 0 Å². The lowest BCUT2D eigenvalue weighted by molar-refractivity contribution is -0.155. The number of imide groups is 1. The number of nitrogens with zero attached hydrogens (tertiary/aromatic N) is 1. The van der Waals surface area contributed by atoms with Crippen LogP contribution in [0.5, 0.6) is 0 Å². The fourth-order valence-corrected chi connectivity index (χ4v) is 5.00. The van der Waals surface area contributed by atoms with Gasteiger partial charge in [-0.1, -0.05) is 49.7 Å². The van der Waals surface area contributed by atoms with E-state index in [9.17, 15) is 18.8 Å². The van der Waals surface area contributed by atoms with Gasteiger partial charge < -0.3 is 4.74 Å². The van der Waals surface area contributed by atoms with Crippen molar-refractivity contribution in [3.63, 3.8) is 0 Å². The van der Waals surface area contributed by atoms with Crippen LogP contribution in [-0.2, 0) is 19.1 Å². The first-order chi connectivity index (χ1) is 15.0. The van der Waals surface area contributed by atoms with Crippen molar-refractivity contribution in [2.75, 3.05) is 11.5 Å². The summed E-state index contributed by atoms with van der Waals surface area (Å²) in [6, 6.07) is 13.9. The van der Waals surface area contributed by atoms with Crippen molar-refractivity contribution in [2.24, 2.45) is 11.8 Å². The molecule has 0 aromatic heterocycles. The molecule has 0 bridgehead atoms. The van der Waals surface area contributed by atoms with Gasteiger partial charge in [-0.3, -0.25) is 19.7 Å². The lowest BCUT2D eigenvalue weighted by Crippen LogP contribution is -2.56. The zero-order chi connectivity index (χ0) is 22.2. The number of hydrogen-bond acceptors (Lipinski definition) is 5. The molecule has 2 saturated heterocycles. The molecule has 4 atom stereocenters. The number of benzene rings is 2. The number of anilines is 1. The summed E-state index contributed by atoms with van der Waals surface area (Å²) in [5.41, 5.74) is -0.706. The Morgan fingerprint density at radius 2 is 1.74 bits per heavy atom. The third kappa shape index (κ3) is 3.24. The molecular weight excluding hydrogens is 399 g/mol. The number of halogens is 1. The maximum Gasteiger partial charge on any atom is 0.327 e. The summed E-state index contributed by atoms with van der Waals surface area (Å²) in [4.78, 5) is 41.5. The first kappa shape index (κ1) is 21.2. The fraction of sp³-hybridized carbons (Fsp3) is 0.375. The summed E-state index contributed by atoms with van der Waals surface area (Å²) in [7, 11) is 0. The van der Waals surface area contributed by atoms with E-state index in [4.69, 9.17) is 4.74 Å². The minimum Gasteiger partial charge on any atom is -0.465 e. The first-order valence-electron chi connectivity index (χ1n) is 10.6. The van der Waals surface area contributed by atoms with Crippen LogP contribution in [0.3, 0.4) is 0 Å². The molecule has 0 saturated carbocycles. The van der Waals surface area contributed by atoms with Gasteiger partial charge in [-0.05, 0) is 31.5 Å². The van der Waals surface area contributed by atoms with Gasteiger partial charge in [0, 0.05) is 11.6 Å². The standard InChI is InChI=1S/C24H25FN2O4/c1-3-14-24(23(30)31-4-2)19-18(20(26-24)16-12-8-9-13-17(16)25)21(28)27(22(19)29)15-10-6-5-7-11-15/h5-13,18-20,26H,3-4,14H2,1-2H3/t18-,19+,20-,24+/m0/s1. The van der Waals surface area contributed by atoms with Crippen molar-refractivity contribution in [2.45, 2.75) is 38.3 Å². The number of esters is 1. The summed E-state index contributed by atoms with van der Waals surface area (Å²) in [5.74, 6) is -3.88. The largest absolute Gasteiger partial charge is 0.465 e. The maximum absolute atomic E-state index is 14.8. The highest BCUT2D eigenvalue weighted by molar-refractivity contribution is 6.24. The van der Waals surface area contributed by atoms with Crippen molar-refractivity contribution < 1.29 is 23.5 Å². The van der Waals surface area contributed by atoms with E-state index in [-0.39, 0.29) is 12.2 Å². The molecule has 7 heteroatoms. The summed E-state index contributed by atoms with van der Waals surface area (Å²) < 4.78 is 20.1. The number of carbonyl (C=O) groups excluding carboxylic acids is 3. The second-order valence-electron chi connectivity index (χ2n) is 7.94. The van der Waals surface area contributed by atoms with E-state index in [1.54, 1.807) is 55.5 Å². The SMILES string of the molecule is CCC[C@@]1(C(=O)OCC)N[C@@H](c2ccccc2F)[C@H]2C(=O)N(c3ccccc3)C(=O)[C@@H]21. The monoisotopic (exact) mass is 424 g/mol. The van der Waals surface area contributed by atoms with Gasteiger partial charge in [-0.25, -0.2) is 9.29 Å². The van der Waals surface area contributed by atoms with Crippen LogP contribution in [0.25, 0.3) is 0 Å². The molecule has 2 aromatic carbocycles. The summed E-state index contributed by atoms with van der Waals surface area (Å²) in [6.45, 7) is 3.72. The average Bonchev–Trinajstić information content (AvgIpc) is 3.24. The average molecular weight is 424 g/mol. The van der Waals surface area contributed by atoms with Crippen LogP contribution in [0.2, 0.25) is 0 Å². The van der Waals surface area contributed by atoms with Crippen molar-refractivity contribution >= 4 is 23.5 Å². The van der Waals surface area contributed by atoms with E-state index in [0.29, 0.717) is 18.5 Å². The van der Waals surface area contributed by atoms with Crippen LogP contribution in [0.1, 0.15) is 38.3 Å². The van der Waals surface area contributed by atoms with E-state index in [1.807, 2.05) is 6.92 Å². The highest BCUT2D eigenvalue weighted by atomic mass is 19.1. The Morgan fingerprint density at radius 1 is 1.06 bits per heavy atom. The van der Waals surface area contributed by atoms with Crippen LogP contribution in [0.15, 0.2) is 54.6 Å². The normalized spacial score (nSPS) is 27.5. The topological polar surface area (TPSA) is 75.7 Å². The molecule has 2 amide bonds. The third-order valence-electron chi connectivity index (χ3n) is 6.19. The number of para-hydroxylation sites is 1. The van der Waals surface area contributed by atoms with E-state index < -0.39 is 47.0 Å². The van der Waals surface area contributed by atoms with E-state index >= 15 is 0 Å². The molecule has 0 radical (unpaired) electrons. The van der Waals surface area contributed by atoms with Gasteiger partial charge in [0.25, 0.3) is 0 Å². The van der Waals surface area contributed by atoms with Gasteiger partial charge in [-0.15, -0.1) is 0 Å². The predicted molar refractivity (Wildman–Crippen MR) is 112 cm³/mol. The summed E-state index contributed by atoms with van der Waals surface area (Å²) >= 11 is 0. The molecule has 2 aliphatic rings. The highest BCUT2D eigenvalue weighted by Gasteiger charge is 2.68. The van der Waals surface area contributed by atoms with Gasteiger partial charge >= 0.3 is 5.97 Å². The predicted octanol–water partition coefficient (Wildman–Crippen LogP) is 3.38. The Morgan fingerprint density at radius 3 is 2.39 bits per heavy atom. The molecule has 1 N–H and O–H groups in total. The Hall–Kier alpha value is -3.06. The van der Waals surface area contributed by atoms with Crippen molar-refractivity contribution in [1.82, 2.24) is 5.32 Å². The number of amides is 2. The number of nitrogens with one attached hydrogen (secondary N) is 1. The Kier molecular flexibility index (Phi) is 5.62. The van der Waals surface area contributed by atoms with Crippen LogP contribution in [0, 0.1) is 17.7 Å². The van der Waals surface area contributed by atoms with Crippen LogP contribution in [-0.4, -0.2) is 29.9 Å². The zero-order valence-electron chi connectivity index (χ0n) is 17.5. The second kappa shape index (κ2) is 8.23. The Bertz CT molecular complexity index is 1010. The molecule has 2 fully saturated rings. The van der Waals surface area contributed by atoms with Crippen LogP contribution >= 0.6 is 0 Å². The molecule has 4 rings (SSSR count). The van der Waals surface area contributed by atoms with Crippen molar-refractivity contribution in [1.29, 1.82) is 0 Å². The minimum atomic E-state index is -1.40. The molecule has 0 unspecified atom stereocenters. The highest BCUT2D eigenvalue weighted by Crippen LogP contribution is 2.51. The Labute approximate surface area is 180 Å². The number of carbonyl (C=O) groups is 3. The molecule has 6 nitrogen and oxygen atoms in total. The van der Waals surface area contributed by atoms with Crippen LogP contribution < -0.4 is 10.2 Å². The molecule has 162 valence electrons. The maximum atomic E-state index is 14.8. The second-order valence-corrected chi connectivity index (χ2v) is 7.94. The third-order valence-corrected chi connectivity index (χ3v) is 6.19. The first-order valence-corrected chi connectivity index (χ1v) is 10.6. The summed E-state index contributed by atoms with van der Waals surface area (Å²) in [5, 5.41) is 3.20. The molecular formula is C24H25FN2O4. The smallest absolute Gasteiger partial charge is 0.327 e. The molecule has 2 aromatic rings. The molecule has 0 spiro atoms. The fourth-order valence-electron chi connectivity index (χ4n) is 5.00. The van der Waals surface area contributed by atoms with Gasteiger partial charge in [-0.2, -0.15) is 0 Å². The van der Waals surface area contributed by atoms with Crippen LogP contribution in [0.4, 0.5) is 10.1 Å². The lowest BCUT2D eigenvalue weighted by Gasteiger charge is -2.32. The zero-order valence-corrected chi connectivity index (χ0v) is 17.5. The molecule has 2 heterocycles. The number of ether oxygens (including phenoxy) is 1. The van der Waals surface area contributed by atoms with Gasteiger partial charge in [0.15, 0.2) is 0 Å². The lowest BCUT2D eigenvalue weighted by atomic mass is 9.77. The van der Waals surface area contributed by atoms with Gasteiger partial charge in [0.05, 0.1) is 24.1 Å². The minimum absolute atomic E-state index is 0.137. The molecule has 2 aliphatic heterocycles. The quantitative estimate of drug-likeness (QED) is 0.568. The molecule has 31 heavy (non-hydrogen) atoms. The Balaban J connectivity index is 1.88. The number of hydrogen-bond donors (Lipinski definition) is 1. The van der Waals surface area contributed by atoms with E-state index in [1.165, 1.54) is 6.07 Å². The van der Waals surface area contributed by atoms with E-state index in [0.717, 1.165) is 4.90 Å². The number of fused-ring (bicyclic) bond motifs is 1. The molecule has 0 aliphatic carbocycles. The van der Waals surface area contributed by atoms with Gasteiger partial charge in [0.1, 0.15) is 11.4 Å². The van der Waals surface area contributed by atoms with E-state index in [2.05, 4.69) is 5.32 Å². The van der Waals surface area contributed by atoms with Gasteiger partial charge in [0.2, 0.25) is 11.8 Å².